The normalized spacial score (nSPS) is 23.1. The van der Waals surface area contributed by atoms with E-state index in [1.54, 1.807) is 0 Å². The molecule has 6 rings (SSSR count). The minimum absolute atomic E-state index is 0.0280. The lowest BCUT2D eigenvalue weighted by atomic mass is 10.1. The van der Waals surface area contributed by atoms with Gasteiger partial charge in [-0.15, -0.1) is 0 Å². The summed E-state index contributed by atoms with van der Waals surface area (Å²) in [6.07, 6.45) is -2.52. The molecule has 10 N–H and O–H groups in total. The van der Waals surface area contributed by atoms with E-state index in [4.69, 9.17) is 27.6 Å². The first-order valence-corrected chi connectivity index (χ1v) is 23.5. The number of hydrogen-bond acceptors (Lipinski definition) is 20. The Morgan fingerprint density at radius 2 is 1.10 bits per heavy atom. The summed E-state index contributed by atoms with van der Waals surface area (Å²) in [5, 5.41) is 44.4. The molecule has 4 aromatic heterocycles. The zero-order valence-electron chi connectivity index (χ0n) is 36.0. The molecule has 0 bridgehead atoms. The van der Waals surface area contributed by atoms with E-state index in [0.717, 1.165) is 9.13 Å². The van der Waals surface area contributed by atoms with Crippen molar-refractivity contribution in [1.82, 2.24) is 39.7 Å². The molecule has 2 fully saturated rings. The molecule has 10 atom stereocenters. The second kappa shape index (κ2) is 22.3. The van der Waals surface area contributed by atoms with Crippen molar-refractivity contribution in [3.63, 3.8) is 0 Å². The lowest BCUT2D eigenvalue weighted by Gasteiger charge is -2.22. The topological polar surface area (TPSA) is 405 Å². The van der Waals surface area contributed by atoms with Crippen LogP contribution in [0.4, 0.5) is 0 Å². The Morgan fingerprint density at radius 1 is 0.721 bits per heavy atom. The van der Waals surface area contributed by atoms with Gasteiger partial charge in [-0.3, -0.25) is 66.3 Å². The fraction of sp³-hybridized carbons (Fsp3) is 0.474. The Hall–Kier alpha value is -5.42. The van der Waals surface area contributed by atoms with Gasteiger partial charge in [-0.05, 0) is 38.1 Å². The molecule has 6 heterocycles. The van der Waals surface area contributed by atoms with Gasteiger partial charge >= 0.3 is 27.0 Å². The van der Waals surface area contributed by atoms with Crippen molar-refractivity contribution in [2.24, 2.45) is 0 Å². The van der Waals surface area contributed by atoms with Crippen molar-refractivity contribution >= 4 is 27.5 Å². The zero-order chi connectivity index (χ0) is 49.5. The van der Waals surface area contributed by atoms with Gasteiger partial charge in [-0.2, -0.15) is 0 Å². The van der Waals surface area contributed by atoms with Gasteiger partial charge < -0.3 is 50.3 Å². The lowest BCUT2D eigenvalue weighted by molar-refractivity contribution is -0.0467. The van der Waals surface area contributed by atoms with Crippen LogP contribution in [0, 0.1) is 13.8 Å². The van der Waals surface area contributed by atoms with Crippen LogP contribution >= 0.6 is 15.6 Å². The molecule has 2 aliphatic rings. The Labute approximate surface area is 382 Å². The number of carbonyl (C=O) groups excluding carboxylic acids is 2. The standard InChI is InChI=1S/C38H48N8O20P2/c1-19-11-45(37(55)43-33(19)51)31-9-27(29(15-49)63-31)65-67(57,58)61-17-23(13-47)41-35(53)21-3-5-39-25(7-21)26-8-22(4-6-40-26)36(54)42-24(14-48)18-62-68(59,60)66-28-10-32(64-30(28)16-50)46-12-20(2)34(52)44-38(46)56/h3-8,11-12,23-24,27-32,47-50H,9-10,13-18H2,1-2H3,(H,41,53)(H,42,54)(H,57,58)(H,59,60)(H,43,51,55)(H,44,52,56)/t23?,24?,27-,28-,29+,30+,31+,32+/m0/s1. The molecule has 370 valence electrons. The maximum Gasteiger partial charge on any atom is 0.472 e. The number of H-pyrrole nitrogens is 2. The number of aliphatic hydroxyl groups is 4. The van der Waals surface area contributed by atoms with Gasteiger partial charge in [0.2, 0.25) is 0 Å². The number of aromatic amines is 2. The number of aromatic nitrogens is 6. The molecule has 0 aromatic carbocycles. The first kappa shape index (κ1) is 52.0. The van der Waals surface area contributed by atoms with Crippen LogP contribution in [0.3, 0.4) is 0 Å². The number of aliphatic hydroxyl groups excluding tert-OH is 4. The van der Waals surface area contributed by atoms with Crippen molar-refractivity contribution in [3.8, 4) is 11.4 Å². The highest BCUT2D eigenvalue weighted by atomic mass is 31.2. The van der Waals surface area contributed by atoms with E-state index in [9.17, 15) is 68.1 Å². The Morgan fingerprint density at radius 3 is 1.46 bits per heavy atom. The summed E-state index contributed by atoms with van der Waals surface area (Å²) in [4.78, 5) is 108. The van der Waals surface area contributed by atoms with Crippen LogP contribution < -0.4 is 33.1 Å². The maximum atomic E-state index is 13.3. The largest absolute Gasteiger partial charge is 0.472 e. The summed E-state index contributed by atoms with van der Waals surface area (Å²) in [6, 6.07) is 2.65. The number of aryl methyl sites for hydroxylation is 2. The first-order chi connectivity index (χ1) is 32.2. The smallest absolute Gasteiger partial charge is 0.394 e. The monoisotopic (exact) mass is 998 g/mol. The first-order valence-electron chi connectivity index (χ1n) is 20.5. The van der Waals surface area contributed by atoms with Crippen LogP contribution in [0.1, 0.15) is 57.1 Å². The third kappa shape index (κ3) is 13.0. The number of carbonyl (C=O) groups is 2. The van der Waals surface area contributed by atoms with Crippen molar-refractivity contribution in [2.75, 3.05) is 39.6 Å². The number of rotatable bonds is 21. The highest BCUT2D eigenvalue weighted by molar-refractivity contribution is 7.47. The Kier molecular flexibility index (Phi) is 17.1. The highest BCUT2D eigenvalue weighted by Crippen LogP contribution is 2.49. The van der Waals surface area contributed by atoms with E-state index < -0.39 is 139 Å². The van der Waals surface area contributed by atoms with Crippen LogP contribution in [0.2, 0.25) is 0 Å². The number of amides is 2. The number of phosphoric acid groups is 2. The molecule has 2 aliphatic heterocycles. The van der Waals surface area contributed by atoms with E-state index in [1.165, 1.54) is 62.9 Å². The van der Waals surface area contributed by atoms with Gasteiger partial charge in [-0.25, -0.2) is 18.7 Å². The van der Waals surface area contributed by atoms with Crippen LogP contribution in [0.15, 0.2) is 68.2 Å². The third-order valence-corrected chi connectivity index (χ3v) is 12.5. The number of phosphoric ester groups is 2. The summed E-state index contributed by atoms with van der Waals surface area (Å²) < 4.78 is 59.7. The van der Waals surface area contributed by atoms with E-state index in [1.807, 2.05) is 0 Å². The zero-order valence-corrected chi connectivity index (χ0v) is 37.8. The number of ether oxygens (including phenoxy) is 2. The molecular weight excluding hydrogens is 950 g/mol. The predicted octanol–water partition coefficient (Wildman–Crippen LogP) is -2.39. The molecule has 4 unspecified atom stereocenters. The number of nitrogens with one attached hydrogen (secondary N) is 4. The van der Waals surface area contributed by atoms with Crippen molar-refractivity contribution < 1.29 is 76.5 Å². The number of hydrogen-bond donors (Lipinski definition) is 10. The van der Waals surface area contributed by atoms with Crippen LogP contribution in [0.5, 0.6) is 0 Å². The Balaban J connectivity index is 1.01. The minimum atomic E-state index is -4.96. The summed E-state index contributed by atoms with van der Waals surface area (Å²) in [6.45, 7) is -1.47. The molecule has 2 amide bonds. The van der Waals surface area contributed by atoms with Gasteiger partial charge in [-0.1, -0.05) is 0 Å². The second-order valence-corrected chi connectivity index (χ2v) is 18.2. The molecule has 0 radical (unpaired) electrons. The van der Waals surface area contributed by atoms with E-state index >= 15 is 0 Å². The molecule has 0 aliphatic carbocycles. The lowest BCUT2D eigenvalue weighted by Crippen LogP contribution is -2.41. The van der Waals surface area contributed by atoms with Crippen LogP contribution in [-0.2, 0) is 36.7 Å². The molecule has 2 saturated heterocycles. The summed E-state index contributed by atoms with van der Waals surface area (Å²) >= 11 is 0. The Bertz CT molecular complexity index is 2620. The van der Waals surface area contributed by atoms with Gasteiger partial charge in [0.25, 0.3) is 22.9 Å². The van der Waals surface area contributed by atoms with E-state index in [0.29, 0.717) is 0 Å². The molecule has 0 spiro atoms. The van der Waals surface area contributed by atoms with E-state index in [-0.39, 0.29) is 46.5 Å². The molecule has 0 saturated carbocycles. The average molecular weight is 999 g/mol. The quantitative estimate of drug-likeness (QED) is 0.0389. The van der Waals surface area contributed by atoms with Gasteiger partial charge in [0.05, 0.1) is 63.1 Å². The van der Waals surface area contributed by atoms with E-state index in [2.05, 4.69) is 30.6 Å². The van der Waals surface area contributed by atoms with Crippen LogP contribution in [-0.4, -0.2) is 147 Å². The van der Waals surface area contributed by atoms with Crippen molar-refractivity contribution in [2.45, 2.75) is 75.6 Å². The molecule has 28 nitrogen and oxygen atoms in total. The molecular formula is C38H48N8O20P2. The molecule has 4 aromatic rings. The molecule has 68 heavy (non-hydrogen) atoms. The predicted molar refractivity (Wildman–Crippen MR) is 229 cm³/mol. The van der Waals surface area contributed by atoms with Crippen molar-refractivity contribution in [1.29, 1.82) is 0 Å². The number of pyridine rings is 2. The summed E-state index contributed by atoms with van der Waals surface area (Å²) in [7, 11) is -9.91. The molecule has 30 heteroatoms. The van der Waals surface area contributed by atoms with Gasteiger partial charge in [0.15, 0.2) is 0 Å². The fourth-order valence-corrected chi connectivity index (χ4v) is 8.89. The minimum Gasteiger partial charge on any atom is -0.394 e. The number of nitrogens with zero attached hydrogens (tertiary/aromatic N) is 4. The highest BCUT2D eigenvalue weighted by Gasteiger charge is 2.43. The fourth-order valence-electron chi connectivity index (χ4n) is 6.90. The average Bonchev–Trinajstić information content (AvgIpc) is 3.91. The van der Waals surface area contributed by atoms with Gasteiger partial charge in [0.1, 0.15) is 36.9 Å². The van der Waals surface area contributed by atoms with Crippen molar-refractivity contribution in [3.05, 3.63) is 113 Å². The van der Waals surface area contributed by atoms with Crippen LogP contribution in [0.25, 0.3) is 11.4 Å². The summed E-state index contributed by atoms with van der Waals surface area (Å²) in [5.41, 5.74) is -2.39. The maximum absolute atomic E-state index is 13.3. The van der Waals surface area contributed by atoms with Gasteiger partial charge in [0, 0.05) is 59.9 Å². The third-order valence-electron chi connectivity index (χ3n) is 10.5. The summed E-state index contributed by atoms with van der Waals surface area (Å²) in [5.74, 6) is -1.59. The SMILES string of the molecule is Cc1cn([C@H]2C[C@H](OP(=O)(O)OCC(CO)NC(=O)c3ccnc(-c4cc(C(=O)NC(CO)COP(=O)(O)O[C@H]5C[C@H](n6cc(C)c(=O)[nH]c6=O)O[C@@H]5CO)ccn4)c3)[C@@H](CO)O2)c(=O)[nH]c1=O. The second-order valence-electron chi connectivity index (χ2n) is 15.4.